The summed E-state index contributed by atoms with van der Waals surface area (Å²) < 4.78 is 46.9. The molecule has 0 aromatic heterocycles. The van der Waals surface area contributed by atoms with Gasteiger partial charge in [0, 0.05) is 19.2 Å². The third-order valence-electron chi connectivity index (χ3n) is 4.07. The Morgan fingerprint density at radius 1 is 1.26 bits per heavy atom. The number of hydrogen-bond donors (Lipinski definition) is 1. The summed E-state index contributed by atoms with van der Waals surface area (Å²) in [6.07, 6.45) is -2.42. The summed E-state index contributed by atoms with van der Waals surface area (Å²) in [5.74, 6) is 1.88. The molecule has 2 rings (SSSR count). The number of rotatable bonds is 7. The van der Waals surface area contributed by atoms with Gasteiger partial charge in [0.2, 0.25) is 0 Å². The lowest BCUT2D eigenvalue weighted by atomic mass is 10.1. The van der Waals surface area contributed by atoms with Crippen LogP contribution in [0.4, 0.5) is 18.9 Å². The predicted octanol–water partition coefficient (Wildman–Crippen LogP) is 3.07. The molecule has 0 spiro atoms. The fraction of sp³-hybridized carbons (Fsp3) is 0.625. The van der Waals surface area contributed by atoms with Crippen LogP contribution in [-0.4, -0.2) is 46.6 Å². The Labute approximate surface area is 134 Å². The average molecular weight is 332 g/mol. The van der Waals surface area contributed by atoms with Gasteiger partial charge in [-0.1, -0.05) is 0 Å². The Morgan fingerprint density at radius 2 is 2.04 bits per heavy atom. The first-order valence-corrected chi connectivity index (χ1v) is 7.67. The minimum absolute atomic E-state index is 0.387. The number of anilines is 1. The number of halogens is 3. The fourth-order valence-corrected chi connectivity index (χ4v) is 2.87. The summed E-state index contributed by atoms with van der Waals surface area (Å²) in [6, 6.07) is 5.69. The van der Waals surface area contributed by atoms with E-state index in [1.807, 2.05) is 18.2 Å². The number of nitrogens with one attached hydrogen (secondary N) is 1. The number of alkyl halides is 3. The summed E-state index contributed by atoms with van der Waals surface area (Å²) in [5, 5.41) is 2.46. The average Bonchev–Trinajstić information content (AvgIpc) is 2.98. The molecule has 0 amide bonds. The number of benzene rings is 1. The summed E-state index contributed by atoms with van der Waals surface area (Å²) in [5.41, 5.74) is 0.999. The van der Waals surface area contributed by atoms with Gasteiger partial charge in [0.1, 0.15) is 11.5 Å². The monoisotopic (exact) mass is 332 g/mol. The third kappa shape index (κ3) is 5.20. The standard InChI is InChI=1S/C16H23F3N2O2/c1-22-13-3-4-14(15(9-13)23-2)21-8-6-12(10-21)5-7-20-11-16(17,18)19/h3-4,9,12,20H,5-8,10-11H2,1-2H3. The van der Waals surface area contributed by atoms with Crippen molar-refractivity contribution in [3.8, 4) is 11.5 Å². The first-order chi connectivity index (χ1) is 10.9. The molecule has 1 saturated heterocycles. The lowest BCUT2D eigenvalue weighted by molar-refractivity contribution is -0.124. The van der Waals surface area contributed by atoms with Crippen molar-refractivity contribution in [3.63, 3.8) is 0 Å². The Balaban J connectivity index is 1.85. The zero-order valence-electron chi connectivity index (χ0n) is 13.4. The lowest BCUT2D eigenvalue weighted by Gasteiger charge is -2.22. The maximum absolute atomic E-state index is 12.1. The second-order valence-electron chi connectivity index (χ2n) is 5.72. The van der Waals surface area contributed by atoms with E-state index in [4.69, 9.17) is 9.47 Å². The van der Waals surface area contributed by atoms with Crippen LogP contribution >= 0.6 is 0 Å². The van der Waals surface area contributed by atoms with E-state index in [1.165, 1.54) is 0 Å². The highest BCUT2D eigenvalue weighted by molar-refractivity contribution is 5.61. The largest absolute Gasteiger partial charge is 0.497 e. The van der Waals surface area contributed by atoms with Crippen LogP contribution < -0.4 is 19.7 Å². The quantitative estimate of drug-likeness (QED) is 0.778. The van der Waals surface area contributed by atoms with Gasteiger partial charge in [-0.15, -0.1) is 0 Å². The Hall–Kier alpha value is -1.63. The molecule has 4 nitrogen and oxygen atoms in total. The molecule has 1 atom stereocenters. The van der Waals surface area contributed by atoms with Crippen LogP contribution in [0.1, 0.15) is 12.8 Å². The van der Waals surface area contributed by atoms with Crippen LogP contribution in [0.2, 0.25) is 0 Å². The van der Waals surface area contributed by atoms with E-state index in [-0.39, 0.29) is 0 Å². The highest BCUT2D eigenvalue weighted by atomic mass is 19.4. The molecule has 0 radical (unpaired) electrons. The molecule has 1 unspecified atom stereocenters. The van der Waals surface area contributed by atoms with E-state index in [1.54, 1.807) is 14.2 Å². The van der Waals surface area contributed by atoms with Crippen LogP contribution in [0.3, 0.4) is 0 Å². The van der Waals surface area contributed by atoms with E-state index in [0.717, 1.165) is 43.1 Å². The van der Waals surface area contributed by atoms with Gasteiger partial charge in [-0.25, -0.2) is 0 Å². The van der Waals surface area contributed by atoms with Crippen molar-refractivity contribution in [2.75, 3.05) is 45.3 Å². The minimum Gasteiger partial charge on any atom is -0.497 e. The van der Waals surface area contributed by atoms with Gasteiger partial charge in [-0.3, -0.25) is 0 Å². The van der Waals surface area contributed by atoms with Crippen molar-refractivity contribution in [2.24, 2.45) is 5.92 Å². The molecule has 0 bridgehead atoms. The molecule has 1 N–H and O–H groups in total. The third-order valence-corrected chi connectivity index (χ3v) is 4.07. The van der Waals surface area contributed by atoms with E-state index in [0.29, 0.717) is 12.5 Å². The molecule has 130 valence electrons. The number of ether oxygens (including phenoxy) is 2. The number of methoxy groups -OCH3 is 2. The van der Waals surface area contributed by atoms with E-state index in [9.17, 15) is 13.2 Å². The van der Waals surface area contributed by atoms with Crippen LogP contribution in [0.5, 0.6) is 11.5 Å². The molecule has 7 heteroatoms. The molecule has 0 aliphatic carbocycles. The first-order valence-electron chi connectivity index (χ1n) is 7.67. The predicted molar refractivity (Wildman–Crippen MR) is 83.4 cm³/mol. The minimum atomic E-state index is -4.14. The molecular formula is C16H23F3N2O2. The topological polar surface area (TPSA) is 33.7 Å². The highest BCUT2D eigenvalue weighted by Crippen LogP contribution is 2.35. The second kappa shape index (κ2) is 7.77. The first kappa shape index (κ1) is 17.7. The van der Waals surface area contributed by atoms with Crippen molar-refractivity contribution in [2.45, 2.75) is 19.0 Å². The highest BCUT2D eigenvalue weighted by Gasteiger charge is 2.27. The maximum Gasteiger partial charge on any atom is 0.401 e. The SMILES string of the molecule is COc1ccc(N2CCC(CCNCC(F)(F)F)C2)c(OC)c1. The van der Waals surface area contributed by atoms with Gasteiger partial charge in [0.25, 0.3) is 0 Å². The van der Waals surface area contributed by atoms with E-state index >= 15 is 0 Å². The van der Waals surface area contributed by atoms with Gasteiger partial charge >= 0.3 is 6.18 Å². The zero-order chi connectivity index (χ0) is 16.9. The molecule has 1 aliphatic rings. The normalized spacial score (nSPS) is 18.3. The molecule has 1 aromatic rings. The Morgan fingerprint density at radius 3 is 2.70 bits per heavy atom. The van der Waals surface area contributed by atoms with Crippen molar-refractivity contribution < 1.29 is 22.6 Å². The van der Waals surface area contributed by atoms with Gasteiger partial charge in [-0.05, 0) is 37.4 Å². The fourth-order valence-electron chi connectivity index (χ4n) is 2.87. The van der Waals surface area contributed by atoms with E-state index < -0.39 is 12.7 Å². The van der Waals surface area contributed by atoms with Gasteiger partial charge < -0.3 is 19.7 Å². The van der Waals surface area contributed by atoms with Crippen LogP contribution in [0, 0.1) is 5.92 Å². The maximum atomic E-state index is 12.1. The number of hydrogen-bond acceptors (Lipinski definition) is 4. The molecule has 1 aromatic carbocycles. The summed E-state index contributed by atoms with van der Waals surface area (Å²) in [6.45, 7) is 1.18. The van der Waals surface area contributed by atoms with Crippen molar-refractivity contribution in [3.05, 3.63) is 18.2 Å². The smallest absolute Gasteiger partial charge is 0.401 e. The van der Waals surface area contributed by atoms with Crippen molar-refractivity contribution in [1.82, 2.24) is 5.32 Å². The Bertz CT molecular complexity index is 509. The molecule has 1 heterocycles. The van der Waals surface area contributed by atoms with E-state index in [2.05, 4.69) is 10.2 Å². The molecular weight excluding hydrogens is 309 g/mol. The van der Waals surface area contributed by atoms with Crippen molar-refractivity contribution >= 4 is 5.69 Å². The van der Waals surface area contributed by atoms with Gasteiger partial charge in [0.05, 0.1) is 26.5 Å². The van der Waals surface area contributed by atoms with Gasteiger partial charge in [0.15, 0.2) is 0 Å². The molecule has 1 fully saturated rings. The van der Waals surface area contributed by atoms with Crippen LogP contribution in [0.15, 0.2) is 18.2 Å². The summed E-state index contributed by atoms with van der Waals surface area (Å²) >= 11 is 0. The summed E-state index contributed by atoms with van der Waals surface area (Å²) in [7, 11) is 3.22. The van der Waals surface area contributed by atoms with Crippen LogP contribution in [-0.2, 0) is 0 Å². The van der Waals surface area contributed by atoms with Crippen LogP contribution in [0.25, 0.3) is 0 Å². The zero-order valence-corrected chi connectivity index (χ0v) is 13.4. The van der Waals surface area contributed by atoms with Gasteiger partial charge in [-0.2, -0.15) is 13.2 Å². The summed E-state index contributed by atoms with van der Waals surface area (Å²) in [4.78, 5) is 2.21. The molecule has 0 saturated carbocycles. The second-order valence-corrected chi connectivity index (χ2v) is 5.72. The van der Waals surface area contributed by atoms with Crippen molar-refractivity contribution in [1.29, 1.82) is 0 Å². The Kier molecular flexibility index (Phi) is 5.98. The lowest BCUT2D eigenvalue weighted by Crippen LogP contribution is -2.30. The molecule has 23 heavy (non-hydrogen) atoms. The molecule has 1 aliphatic heterocycles. The number of nitrogens with zero attached hydrogens (tertiary/aromatic N) is 1.